The van der Waals surface area contributed by atoms with E-state index in [4.69, 9.17) is 0 Å². The molecule has 0 aliphatic heterocycles. The van der Waals surface area contributed by atoms with Crippen molar-refractivity contribution >= 4 is 5.95 Å². The summed E-state index contributed by atoms with van der Waals surface area (Å²) in [5, 5.41) is 3.09. The molecule has 2 rings (SSSR count). The molecule has 1 N–H and O–H groups in total. The fourth-order valence-corrected chi connectivity index (χ4v) is 1.86. The lowest BCUT2D eigenvalue weighted by atomic mass is 10.1. The number of halogens is 1. The minimum absolute atomic E-state index is 0.228. The number of benzene rings is 1. The first-order chi connectivity index (χ1) is 8.60. The molecule has 0 bridgehead atoms. The smallest absolute Gasteiger partial charge is 0.223 e. The molecule has 18 heavy (non-hydrogen) atoms. The van der Waals surface area contributed by atoms with Gasteiger partial charge in [0.15, 0.2) is 0 Å². The van der Waals surface area contributed by atoms with Gasteiger partial charge in [0.1, 0.15) is 5.82 Å². The first kappa shape index (κ1) is 12.5. The summed E-state index contributed by atoms with van der Waals surface area (Å²) in [6.45, 7) is 6.56. The van der Waals surface area contributed by atoms with Crippen LogP contribution in [0.1, 0.15) is 18.2 Å². The van der Waals surface area contributed by atoms with Crippen molar-refractivity contribution < 1.29 is 4.39 Å². The number of rotatable bonds is 3. The summed E-state index contributed by atoms with van der Waals surface area (Å²) in [5.74, 6) is 0.380. The van der Waals surface area contributed by atoms with E-state index in [1.165, 1.54) is 12.1 Å². The Morgan fingerprint density at radius 3 is 2.61 bits per heavy atom. The Kier molecular flexibility index (Phi) is 3.55. The molecule has 0 aliphatic carbocycles. The fraction of sp³-hybridized carbons (Fsp3) is 0.286. The Labute approximate surface area is 106 Å². The Morgan fingerprint density at radius 1 is 1.17 bits per heavy atom. The second-order valence-corrected chi connectivity index (χ2v) is 4.21. The molecule has 0 amide bonds. The number of aryl methyl sites for hydroxylation is 2. The van der Waals surface area contributed by atoms with E-state index in [0.29, 0.717) is 5.95 Å². The highest BCUT2D eigenvalue weighted by Crippen LogP contribution is 2.23. The second kappa shape index (κ2) is 5.12. The summed E-state index contributed by atoms with van der Waals surface area (Å²) >= 11 is 0. The predicted octanol–water partition coefficient (Wildman–Crippen LogP) is 3.33. The molecule has 0 aliphatic rings. The monoisotopic (exact) mass is 245 g/mol. The number of nitrogens with one attached hydrogen (secondary N) is 1. The molecule has 0 saturated carbocycles. The third kappa shape index (κ3) is 2.64. The Balaban J connectivity index is 2.49. The summed E-state index contributed by atoms with van der Waals surface area (Å²) in [7, 11) is 0. The van der Waals surface area contributed by atoms with Gasteiger partial charge in [0.2, 0.25) is 5.95 Å². The highest BCUT2D eigenvalue weighted by atomic mass is 19.1. The third-order valence-corrected chi connectivity index (χ3v) is 2.65. The molecular weight excluding hydrogens is 229 g/mol. The van der Waals surface area contributed by atoms with Crippen LogP contribution in [-0.2, 0) is 0 Å². The van der Waals surface area contributed by atoms with Crippen LogP contribution in [0.5, 0.6) is 0 Å². The Hall–Kier alpha value is -1.97. The molecule has 1 heterocycles. The van der Waals surface area contributed by atoms with Gasteiger partial charge in [-0.05, 0) is 50.6 Å². The van der Waals surface area contributed by atoms with Gasteiger partial charge in [-0.3, -0.25) is 0 Å². The highest BCUT2D eigenvalue weighted by Gasteiger charge is 2.07. The minimum Gasteiger partial charge on any atom is -0.354 e. The van der Waals surface area contributed by atoms with Crippen molar-refractivity contribution in [2.24, 2.45) is 0 Å². The maximum Gasteiger partial charge on any atom is 0.223 e. The van der Waals surface area contributed by atoms with Gasteiger partial charge < -0.3 is 5.32 Å². The largest absolute Gasteiger partial charge is 0.354 e. The standard InChI is InChI=1S/C14H16FN3/c1-4-16-14-17-10(3)8-13(18-14)12-6-5-11(15)7-9(12)2/h5-8H,4H2,1-3H3,(H,16,17,18). The lowest BCUT2D eigenvalue weighted by molar-refractivity contribution is 0.627. The molecule has 1 aromatic heterocycles. The van der Waals surface area contributed by atoms with Crippen molar-refractivity contribution in [1.82, 2.24) is 9.97 Å². The van der Waals surface area contributed by atoms with E-state index < -0.39 is 0 Å². The molecule has 0 radical (unpaired) electrons. The first-order valence-corrected chi connectivity index (χ1v) is 5.96. The average Bonchev–Trinajstić information content (AvgIpc) is 2.28. The van der Waals surface area contributed by atoms with Crippen LogP contribution in [0.3, 0.4) is 0 Å². The third-order valence-electron chi connectivity index (χ3n) is 2.65. The summed E-state index contributed by atoms with van der Waals surface area (Å²) < 4.78 is 13.1. The second-order valence-electron chi connectivity index (χ2n) is 4.21. The zero-order chi connectivity index (χ0) is 13.1. The molecule has 0 unspecified atom stereocenters. The van der Waals surface area contributed by atoms with Crippen LogP contribution in [0.25, 0.3) is 11.3 Å². The molecule has 3 nitrogen and oxygen atoms in total. The van der Waals surface area contributed by atoms with Crippen molar-refractivity contribution in [1.29, 1.82) is 0 Å². The number of hydrogen-bond acceptors (Lipinski definition) is 3. The molecule has 0 atom stereocenters. The van der Waals surface area contributed by atoms with Crippen LogP contribution in [-0.4, -0.2) is 16.5 Å². The Bertz CT molecular complexity index is 567. The van der Waals surface area contributed by atoms with Crippen LogP contribution in [0, 0.1) is 19.7 Å². The fourth-order valence-electron chi connectivity index (χ4n) is 1.86. The molecule has 0 saturated heterocycles. The van der Waals surface area contributed by atoms with E-state index in [2.05, 4.69) is 15.3 Å². The summed E-state index contributed by atoms with van der Waals surface area (Å²) in [6.07, 6.45) is 0. The molecule has 0 spiro atoms. The zero-order valence-corrected chi connectivity index (χ0v) is 10.8. The molecule has 94 valence electrons. The van der Waals surface area contributed by atoms with E-state index in [-0.39, 0.29) is 5.82 Å². The first-order valence-electron chi connectivity index (χ1n) is 5.96. The molecule has 2 aromatic rings. The van der Waals surface area contributed by atoms with E-state index in [9.17, 15) is 4.39 Å². The lowest BCUT2D eigenvalue weighted by Gasteiger charge is -2.09. The lowest BCUT2D eigenvalue weighted by Crippen LogP contribution is -2.04. The number of nitrogens with zero attached hydrogens (tertiary/aromatic N) is 2. The van der Waals surface area contributed by atoms with Crippen LogP contribution in [0.2, 0.25) is 0 Å². The highest BCUT2D eigenvalue weighted by molar-refractivity contribution is 5.64. The minimum atomic E-state index is -0.228. The van der Waals surface area contributed by atoms with Crippen molar-refractivity contribution in [3.05, 3.63) is 41.3 Å². The van der Waals surface area contributed by atoms with Crippen molar-refractivity contribution in [3.63, 3.8) is 0 Å². The maximum atomic E-state index is 13.1. The number of hydrogen-bond donors (Lipinski definition) is 1. The molecule has 1 aromatic carbocycles. The maximum absolute atomic E-state index is 13.1. The van der Waals surface area contributed by atoms with E-state index in [0.717, 1.165) is 29.1 Å². The molecule has 0 fully saturated rings. The van der Waals surface area contributed by atoms with Gasteiger partial charge in [-0.1, -0.05) is 0 Å². The Morgan fingerprint density at radius 2 is 1.94 bits per heavy atom. The van der Waals surface area contributed by atoms with Crippen LogP contribution in [0.4, 0.5) is 10.3 Å². The SMILES string of the molecule is CCNc1nc(C)cc(-c2ccc(F)cc2C)n1. The van der Waals surface area contributed by atoms with Gasteiger partial charge in [-0.25, -0.2) is 14.4 Å². The predicted molar refractivity (Wildman–Crippen MR) is 71.1 cm³/mol. The van der Waals surface area contributed by atoms with Gasteiger partial charge in [0, 0.05) is 17.8 Å². The van der Waals surface area contributed by atoms with Gasteiger partial charge in [0.05, 0.1) is 5.69 Å². The number of aromatic nitrogens is 2. The van der Waals surface area contributed by atoms with Crippen LogP contribution < -0.4 is 5.32 Å². The topological polar surface area (TPSA) is 37.8 Å². The van der Waals surface area contributed by atoms with Crippen molar-refractivity contribution in [3.8, 4) is 11.3 Å². The average molecular weight is 245 g/mol. The van der Waals surface area contributed by atoms with Gasteiger partial charge >= 0.3 is 0 Å². The van der Waals surface area contributed by atoms with E-state index in [1.807, 2.05) is 26.8 Å². The zero-order valence-electron chi connectivity index (χ0n) is 10.8. The van der Waals surface area contributed by atoms with Gasteiger partial charge in [0.25, 0.3) is 0 Å². The van der Waals surface area contributed by atoms with Crippen LogP contribution >= 0.6 is 0 Å². The van der Waals surface area contributed by atoms with E-state index >= 15 is 0 Å². The summed E-state index contributed by atoms with van der Waals surface area (Å²) in [5.41, 5.74) is 3.51. The van der Waals surface area contributed by atoms with Crippen molar-refractivity contribution in [2.45, 2.75) is 20.8 Å². The van der Waals surface area contributed by atoms with Gasteiger partial charge in [-0.15, -0.1) is 0 Å². The van der Waals surface area contributed by atoms with E-state index in [1.54, 1.807) is 6.07 Å². The normalized spacial score (nSPS) is 10.4. The summed E-state index contributed by atoms with van der Waals surface area (Å²) in [4.78, 5) is 8.74. The summed E-state index contributed by atoms with van der Waals surface area (Å²) in [6, 6.07) is 6.62. The van der Waals surface area contributed by atoms with Crippen molar-refractivity contribution in [2.75, 3.05) is 11.9 Å². The van der Waals surface area contributed by atoms with Gasteiger partial charge in [-0.2, -0.15) is 0 Å². The molecular formula is C14H16FN3. The quantitative estimate of drug-likeness (QED) is 0.901. The molecule has 4 heteroatoms. The number of anilines is 1. The van der Waals surface area contributed by atoms with Crippen LogP contribution in [0.15, 0.2) is 24.3 Å².